The number of nitrogens with zero attached hydrogens (tertiary/aromatic N) is 1. The van der Waals surface area contributed by atoms with Gasteiger partial charge in [-0.2, -0.15) is 0 Å². The Hall–Kier alpha value is -1.85. The minimum Gasteiger partial charge on any atom is -0.338 e. The van der Waals surface area contributed by atoms with Gasteiger partial charge >= 0.3 is 0 Å². The molecule has 3 rings (SSSR count). The molecule has 0 fully saturated rings. The molecule has 0 saturated heterocycles. The molecule has 0 bridgehead atoms. The van der Waals surface area contributed by atoms with E-state index in [9.17, 15) is 8.42 Å². The second kappa shape index (κ2) is 4.61. The zero-order chi connectivity index (χ0) is 14.3. The fourth-order valence-electron chi connectivity index (χ4n) is 1.99. The van der Waals surface area contributed by atoms with E-state index in [4.69, 9.17) is 11.6 Å². The predicted molar refractivity (Wildman–Crippen MR) is 79.6 cm³/mol. The first-order chi connectivity index (χ1) is 9.43. The van der Waals surface area contributed by atoms with E-state index in [2.05, 4.69) is 9.97 Å². The Morgan fingerprint density at radius 2 is 1.95 bits per heavy atom. The minimum absolute atomic E-state index is 0.272. The van der Waals surface area contributed by atoms with Gasteiger partial charge in [0.1, 0.15) is 5.82 Å². The van der Waals surface area contributed by atoms with Crippen molar-refractivity contribution in [3.63, 3.8) is 0 Å². The number of benzene rings is 2. The van der Waals surface area contributed by atoms with Crippen LogP contribution in [0.2, 0.25) is 5.02 Å². The molecule has 0 atom stereocenters. The van der Waals surface area contributed by atoms with Gasteiger partial charge in [0.25, 0.3) is 0 Å². The number of nitrogens with one attached hydrogen (secondary N) is 1. The lowest BCUT2D eigenvalue weighted by Gasteiger charge is -2.00. The minimum atomic E-state index is -3.23. The van der Waals surface area contributed by atoms with Crippen molar-refractivity contribution in [1.82, 2.24) is 9.97 Å². The molecule has 3 aromatic rings. The van der Waals surface area contributed by atoms with Gasteiger partial charge in [0.2, 0.25) is 0 Å². The SMILES string of the molecule is CS(=O)(=O)c1cccc(-c2nc3ccc(Cl)cc3[nH]2)c1. The average molecular weight is 307 g/mol. The number of H-pyrrole nitrogens is 1. The van der Waals surface area contributed by atoms with Crippen LogP contribution >= 0.6 is 11.6 Å². The van der Waals surface area contributed by atoms with Crippen LogP contribution in [0.5, 0.6) is 0 Å². The molecule has 4 nitrogen and oxygen atoms in total. The van der Waals surface area contributed by atoms with E-state index in [0.29, 0.717) is 10.8 Å². The number of aromatic nitrogens is 2. The van der Waals surface area contributed by atoms with Crippen molar-refractivity contribution in [3.05, 3.63) is 47.5 Å². The lowest BCUT2D eigenvalue weighted by molar-refractivity contribution is 0.602. The predicted octanol–water partition coefficient (Wildman–Crippen LogP) is 3.29. The quantitative estimate of drug-likeness (QED) is 0.790. The molecule has 0 aliphatic carbocycles. The molecule has 0 saturated carbocycles. The number of halogens is 1. The molecule has 102 valence electrons. The van der Waals surface area contributed by atoms with E-state index in [-0.39, 0.29) is 4.90 Å². The van der Waals surface area contributed by atoms with E-state index in [0.717, 1.165) is 16.6 Å². The maximum Gasteiger partial charge on any atom is 0.175 e. The number of fused-ring (bicyclic) bond motifs is 1. The summed E-state index contributed by atoms with van der Waals surface area (Å²) in [7, 11) is -3.23. The average Bonchev–Trinajstić information content (AvgIpc) is 2.81. The Labute approximate surface area is 121 Å². The van der Waals surface area contributed by atoms with E-state index in [1.165, 1.54) is 6.26 Å². The van der Waals surface area contributed by atoms with Gasteiger partial charge in [-0.25, -0.2) is 13.4 Å². The van der Waals surface area contributed by atoms with Gasteiger partial charge in [-0.1, -0.05) is 23.7 Å². The zero-order valence-electron chi connectivity index (χ0n) is 10.6. The molecule has 0 amide bonds. The zero-order valence-corrected chi connectivity index (χ0v) is 12.2. The number of hydrogen-bond acceptors (Lipinski definition) is 3. The third-order valence-corrected chi connectivity index (χ3v) is 4.32. The highest BCUT2D eigenvalue weighted by Crippen LogP contribution is 2.24. The summed E-state index contributed by atoms with van der Waals surface area (Å²) in [6.45, 7) is 0. The summed E-state index contributed by atoms with van der Waals surface area (Å²) in [5, 5.41) is 0.623. The first-order valence-electron chi connectivity index (χ1n) is 5.89. The topological polar surface area (TPSA) is 62.8 Å². The number of imidazole rings is 1. The Balaban J connectivity index is 2.16. The molecule has 0 radical (unpaired) electrons. The third-order valence-electron chi connectivity index (χ3n) is 2.98. The van der Waals surface area contributed by atoms with Crippen LogP contribution in [0.1, 0.15) is 0 Å². The molecule has 20 heavy (non-hydrogen) atoms. The van der Waals surface area contributed by atoms with Crippen molar-refractivity contribution in [1.29, 1.82) is 0 Å². The van der Waals surface area contributed by atoms with Crippen LogP contribution in [0, 0.1) is 0 Å². The van der Waals surface area contributed by atoms with Gasteiger partial charge in [-0.3, -0.25) is 0 Å². The first-order valence-corrected chi connectivity index (χ1v) is 8.16. The molecule has 1 N–H and O–H groups in total. The van der Waals surface area contributed by atoms with Crippen molar-refractivity contribution in [2.24, 2.45) is 0 Å². The van der Waals surface area contributed by atoms with E-state index in [1.54, 1.807) is 30.3 Å². The van der Waals surface area contributed by atoms with Gasteiger partial charge < -0.3 is 4.98 Å². The van der Waals surface area contributed by atoms with Crippen molar-refractivity contribution in [2.45, 2.75) is 4.90 Å². The van der Waals surface area contributed by atoms with Crippen molar-refractivity contribution >= 4 is 32.5 Å². The molecule has 6 heteroatoms. The largest absolute Gasteiger partial charge is 0.338 e. The van der Waals surface area contributed by atoms with Crippen LogP contribution in [0.25, 0.3) is 22.4 Å². The van der Waals surface area contributed by atoms with Crippen molar-refractivity contribution in [3.8, 4) is 11.4 Å². The smallest absolute Gasteiger partial charge is 0.175 e. The van der Waals surface area contributed by atoms with Gasteiger partial charge in [0, 0.05) is 16.8 Å². The molecular weight excluding hydrogens is 296 g/mol. The number of hydrogen-bond donors (Lipinski definition) is 1. The third kappa shape index (κ3) is 2.42. The van der Waals surface area contributed by atoms with Gasteiger partial charge in [0.15, 0.2) is 9.84 Å². The normalized spacial score (nSPS) is 11.9. The van der Waals surface area contributed by atoms with Crippen LogP contribution in [0.4, 0.5) is 0 Å². The molecule has 0 spiro atoms. The molecular formula is C14H11ClN2O2S. The summed E-state index contributed by atoms with van der Waals surface area (Å²) in [4.78, 5) is 7.85. The van der Waals surface area contributed by atoms with Crippen LogP contribution in [-0.2, 0) is 9.84 Å². The summed E-state index contributed by atoms with van der Waals surface area (Å²) in [5.74, 6) is 0.618. The van der Waals surface area contributed by atoms with Crippen molar-refractivity contribution < 1.29 is 8.42 Å². The van der Waals surface area contributed by atoms with Crippen LogP contribution in [-0.4, -0.2) is 24.6 Å². The first kappa shape index (κ1) is 13.1. The van der Waals surface area contributed by atoms with E-state index >= 15 is 0 Å². The molecule has 0 aliphatic rings. The van der Waals surface area contributed by atoms with Crippen LogP contribution in [0.15, 0.2) is 47.4 Å². The fraction of sp³-hybridized carbons (Fsp3) is 0.0714. The van der Waals surface area contributed by atoms with E-state index < -0.39 is 9.84 Å². The Morgan fingerprint density at radius 1 is 1.15 bits per heavy atom. The summed E-state index contributed by atoms with van der Waals surface area (Å²) in [6.07, 6.45) is 1.19. The molecule has 1 heterocycles. The van der Waals surface area contributed by atoms with E-state index in [1.807, 2.05) is 12.1 Å². The van der Waals surface area contributed by atoms with Gasteiger partial charge in [-0.05, 0) is 30.3 Å². The Morgan fingerprint density at radius 3 is 2.70 bits per heavy atom. The molecule has 1 aromatic heterocycles. The number of aromatic amines is 1. The Kier molecular flexibility index (Phi) is 3.03. The standard InChI is InChI=1S/C14H11ClN2O2S/c1-20(18,19)11-4-2-3-9(7-11)14-16-12-6-5-10(15)8-13(12)17-14/h2-8H,1H3,(H,16,17). The fourth-order valence-corrected chi connectivity index (χ4v) is 2.83. The lowest BCUT2D eigenvalue weighted by atomic mass is 10.2. The van der Waals surface area contributed by atoms with Crippen molar-refractivity contribution in [2.75, 3.05) is 6.26 Å². The number of sulfone groups is 1. The lowest BCUT2D eigenvalue weighted by Crippen LogP contribution is -1.97. The summed E-state index contributed by atoms with van der Waals surface area (Å²) < 4.78 is 23.2. The Bertz CT molecular complexity index is 900. The molecule has 0 unspecified atom stereocenters. The second-order valence-corrected chi connectivity index (χ2v) is 7.00. The summed E-state index contributed by atoms with van der Waals surface area (Å²) >= 11 is 5.93. The summed E-state index contributed by atoms with van der Waals surface area (Å²) in [5.41, 5.74) is 2.33. The van der Waals surface area contributed by atoms with Crippen LogP contribution < -0.4 is 0 Å². The van der Waals surface area contributed by atoms with Gasteiger partial charge in [0.05, 0.1) is 15.9 Å². The second-order valence-electron chi connectivity index (χ2n) is 4.55. The molecule has 0 aliphatic heterocycles. The number of rotatable bonds is 2. The van der Waals surface area contributed by atoms with Crippen LogP contribution in [0.3, 0.4) is 0 Å². The monoisotopic (exact) mass is 306 g/mol. The highest BCUT2D eigenvalue weighted by molar-refractivity contribution is 7.90. The molecule has 2 aromatic carbocycles. The maximum absolute atomic E-state index is 11.6. The summed E-state index contributed by atoms with van der Waals surface area (Å²) in [6, 6.07) is 12.1. The maximum atomic E-state index is 11.6. The highest BCUT2D eigenvalue weighted by Gasteiger charge is 2.10. The highest BCUT2D eigenvalue weighted by atomic mass is 35.5. The van der Waals surface area contributed by atoms with Gasteiger partial charge in [-0.15, -0.1) is 0 Å².